The number of carbonyl (C=O) groups is 1. The van der Waals surface area contributed by atoms with Gasteiger partial charge in [0.15, 0.2) is 0 Å². The maximum Gasteiger partial charge on any atom is 0.251 e. The Balaban J connectivity index is 1.50. The second-order valence-corrected chi connectivity index (χ2v) is 7.14. The topological polar surface area (TPSA) is 45.2 Å². The van der Waals surface area contributed by atoms with Crippen molar-refractivity contribution in [3.05, 3.63) is 50.9 Å². The summed E-state index contributed by atoms with van der Waals surface area (Å²) >= 11 is 7.43. The lowest BCUT2D eigenvalue weighted by atomic mass is 10.1. The molecule has 0 saturated carbocycles. The molecule has 1 amide bonds. The number of benzene rings is 1. The molecule has 4 nitrogen and oxygen atoms in total. The molecule has 122 valence electrons. The van der Waals surface area contributed by atoms with Gasteiger partial charge in [0.1, 0.15) is 5.01 Å². The number of hydrogen-bond acceptors (Lipinski definition) is 4. The molecule has 2 aromatic rings. The fourth-order valence-electron chi connectivity index (χ4n) is 2.71. The number of nitrogens with one attached hydrogen (secondary N) is 1. The number of rotatable bonds is 5. The minimum absolute atomic E-state index is 0.102. The number of aromatic nitrogens is 1. The molecule has 1 aliphatic rings. The Bertz CT molecular complexity index is 650. The van der Waals surface area contributed by atoms with Crippen LogP contribution >= 0.6 is 22.9 Å². The number of piperidine rings is 1. The maximum absolute atomic E-state index is 12.1. The van der Waals surface area contributed by atoms with E-state index in [1.165, 1.54) is 32.4 Å². The summed E-state index contributed by atoms with van der Waals surface area (Å²) in [4.78, 5) is 19.1. The third-order valence-electron chi connectivity index (χ3n) is 3.94. The Morgan fingerprint density at radius 2 is 1.96 bits per heavy atom. The molecule has 1 aromatic carbocycles. The van der Waals surface area contributed by atoms with E-state index in [0.717, 1.165) is 17.2 Å². The first-order valence-corrected chi connectivity index (χ1v) is 9.16. The van der Waals surface area contributed by atoms with E-state index in [9.17, 15) is 4.79 Å². The number of amides is 1. The Labute approximate surface area is 145 Å². The van der Waals surface area contributed by atoms with Crippen LogP contribution < -0.4 is 5.32 Å². The van der Waals surface area contributed by atoms with Crippen LogP contribution in [0.4, 0.5) is 0 Å². The summed E-state index contributed by atoms with van der Waals surface area (Å²) in [6.45, 7) is 3.72. The molecule has 1 aliphatic heterocycles. The number of likely N-dealkylation sites (tertiary alicyclic amines) is 1. The molecule has 3 rings (SSSR count). The van der Waals surface area contributed by atoms with Crippen LogP contribution in [-0.2, 0) is 13.1 Å². The van der Waals surface area contributed by atoms with Crippen molar-refractivity contribution >= 4 is 28.8 Å². The molecule has 0 aliphatic carbocycles. The van der Waals surface area contributed by atoms with Gasteiger partial charge in [-0.3, -0.25) is 9.69 Å². The average Bonchev–Trinajstić information content (AvgIpc) is 3.02. The van der Waals surface area contributed by atoms with E-state index in [0.29, 0.717) is 17.1 Å². The zero-order valence-corrected chi connectivity index (χ0v) is 14.5. The number of carbonyl (C=O) groups excluding carboxylic acids is 1. The van der Waals surface area contributed by atoms with Crippen LogP contribution in [-0.4, -0.2) is 28.9 Å². The molecule has 0 unspecified atom stereocenters. The first kappa shape index (κ1) is 16.4. The summed E-state index contributed by atoms with van der Waals surface area (Å²) in [6, 6.07) is 6.88. The van der Waals surface area contributed by atoms with Gasteiger partial charge in [0, 0.05) is 22.5 Å². The maximum atomic E-state index is 12.1. The zero-order chi connectivity index (χ0) is 16.1. The minimum Gasteiger partial charge on any atom is -0.346 e. The van der Waals surface area contributed by atoms with Gasteiger partial charge in [0.05, 0.1) is 12.2 Å². The molecular formula is C17H20ClN3OS. The highest BCUT2D eigenvalue weighted by molar-refractivity contribution is 7.09. The number of thiazole rings is 1. The first-order chi connectivity index (χ1) is 11.2. The van der Waals surface area contributed by atoms with Crippen LogP contribution in [0.1, 0.15) is 40.3 Å². The Kier molecular flexibility index (Phi) is 5.65. The predicted molar refractivity (Wildman–Crippen MR) is 93.9 cm³/mol. The molecule has 0 bridgehead atoms. The van der Waals surface area contributed by atoms with Gasteiger partial charge >= 0.3 is 0 Å². The standard InChI is InChI=1S/C17H20ClN3OS/c18-14-6-4-13(5-7-14)17(22)19-10-16-20-15(12-23-16)11-21-8-2-1-3-9-21/h4-7,12H,1-3,8-11H2,(H,19,22). The van der Waals surface area contributed by atoms with Crippen LogP contribution in [0, 0.1) is 0 Å². The van der Waals surface area contributed by atoms with Gasteiger partial charge < -0.3 is 5.32 Å². The Hall–Kier alpha value is -1.43. The SMILES string of the molecule is O=C(NCc1nc(CN2CCCCC2)cs1)c1ccc(Cl)cc1. The lowest BCUT2D eigenvalue weighted by molar-refractivity contribution is 0.0951. The second-order valence-electron chi connectivity index (χ2n) is 5.76. The Morgan fingerprint density at radius 3 is 2.70 bits per heavy atom. The van der Waals surface area contributed by atoms with E-state index in [1.807, 2.05) is 0 Å². The van der Waals surface area contributed by atoms with Crippen molar-refractivity contribution in [2.24, 2.45) is 0 Å². The monoisotopic (exact) mass is 349 g/mol. The lowest BCUT2D eigenvalue weighted by Crippen LogP contribution is -2.29. The third kappa shape index (κ3) is 4.77. The van der Waals surface area contributed by atoms with Crippen molar-refractivity contribution in [3.63, 3.8) is 0 Å². The molecule has 1 saturated heterocycles. The summed E-state index contributed by atoms with van der Waals surface area (Å²) in [7, 11) is 0. The molecule has 1 fully saturated rings. The van der Waals surface area contributed by atoms with E-state index < -0.39 is 0 Å². The summed E-state index contributed by atoms with van der Waals surface area (Å²) in [5, 5.41) is 6.57. The smallest absolute Gasteiger partial charge is 0.251 e. The Morgan fingerprint density at radius 1 is 1.22 bits per heavy atom. The molecule has 1 aromatic heterocycles. The molecule has 0 atom stereocenters. The van der Waals surface area contributed by atoms with Gasteiger partial charge in [-0.1, -0.05) is 18.0 Å². The highest BCUT2D eigenvalue weighted by atomic mass is 35.5. The van der Waals surface area contributed by atoms with Gasteiger partial charge in [-0.05, 0) is 50.2 Å². The fourth-order valence-corrected chi connectivity index (χ4v) is 3.56. The van der Waals surface area contributed by atoms with Crippen LogP contribution in [0.15, 0.2) is 29.6 Å². The van der Waals surface area contributed by atoms with E-state index >= 15 is 0 Å². The van der Waals surface area contributed by atoms with Crippen LogP contribution in [0.3, 0.4) is 0 Å². The van der Waals surface area contributed by atoms with Crippen molar-refractivity contribution < 1.29 is 4.79 Å². The predicted octanol–water partition coefficient (Wildman–Crippen LogP) is 3.71. The van der Waals surface area contributed by atoms with Crippen molar-refractivity contribution in [3.8, 4) is 0 Å². The summed E-state index contributed by atoms with van der Waals surface area (Å²) in [6.07, 6.45) is 3.91. The second kappa shape index (κ2) is 7.90. The van der Waals surface area contributed by atoms with Crippen molar-refractivity contribution in [1.29, 1.82) is 0 Å². The van der Waals surface area contributed by atoms with E-state index in [-0.39, 0.29) is 5.91 Å². The highest BCUT2D eigenvalue weighted by Gasteiger charge is 2.13. The van der Waals surface area contributed by atoms with Gasteiger partial charge in [-0.15, -0.1) is 11.3 Å². The summed E-state index contributed by atoms with van der Waals surface area (Å²) < 4.78 is 0. The largest absolute Gasteiger partial charge is 0.346 e. The number of halogens is 1. The van der Waals surface area contributed by atoms with E-state index in [1.54, 1.807) is 35.6 Å². The molecular weight excluding hydrogens is 330 g/mol. The molecule has 0 radical (unpaired) electrons. The van der Waals surface area contributed by atoms with E-state index in [2.05, 4.69) is 20.6 Å². The number of nitrogens with zero attached hydrogens (tertiary/aromatic N) is 2. The van der Waals surface area contributed by atoms with Crippen LogP contribution in [0.25, 0.3) is 0 Å². The molecule has 0 spiro atoms. The van der Waals surface area contributed by atoms with Gasteiger partial charge in [0.2, 0.25) is 0 Å². The van der Waals surface area contributed by atoms with Gasteiger partial charge in [0.25, 0.3) is 5.91 Å². The third-order valence-corrected chi connectivity index (χ3v) is 5.09. The lowest BCUT2D eigenvalue weighted by Gasteiger charge is -2.25. The molecule has 23 heavy (non-hydrogen) atoms. The first-order valence-electron chi connectivity index (χ1n) is 7.90. The summed E-state index contributed by atoms with van der Waals surface area (Å²) in [5.74, 6) is -0.102. The molecule has 6 heteroatoms. The van der Waals surface area contributed by atoms with E-state index in [4.69, 9.17) is 11.6 Å². The summed E-state index contributed by atoms with van der Waals surface area (Å²) in [5.41, 5.74) is 1.71. The van der Waals surface area contributed by atoms with Gasteiger partial charge in [-0.25, -0.2) is 4.98 Å². The molecule has 2 heterocycles. The van der Waals surface area contributed by atoms with Crippen molar-refractivity contribution in [2.45, 2.75) is 32.4 Å². The van der Waals surface area contributed by atoms with Crippen LogP contribution in [0.5, 0.6) is 0 Å². The zero-order valence-electron chi connectivity index (χ0n) is 12.9. The van der Waals surface area contributed by atoms with Crippen molar-refractivity contribution in [2.75, 3.05) is 13.1 Å². The highest BCUT2D eigenvalue weighted by Crippen LogP contribution is 2.16. The van der Waals surface area contributed by atoms with Crippen LogP contribution in [0.2, 0.25) is 5.02 Å². The molecule has 1 N–H and O–H groups in total. The average molecular weight is 350 g/mol. The van der Waals surface area contributed by atoms with Gasteiger partial charge in [-0.2, -0.15) is 0 Å². The minimum atomic E-state index is -0.102. The fraction of sp³-hybridized carbons (Fsp3) is 0.412. The quantitative estimate of drug-likeness (QED) is 0.894. The number of hydrogen-bond donors (Lipinski definition) is 1. The normalized spacial score (nSPS) is 15.5. The van der Waals surface area contributed by atoms with Crippen molar-refractivity contribution in [1.82, 2.24) is 15.2 Å².